The molecule has 0 fully saturated rings. The molecule has 216 valence electrons. The molecular formula is C29H34ClN7O4. The molecule has 12 heteroatoms. The van der Waals surface area contributed by atoms with E-state index >= 15 is 0 Å². The van der Waals surface area contributed by atoms with Gasteiger partial charge in [-0.3, -0.25) is 19.3 Å². The van der Waals surface area contributed by atoms with E-state index in [1.807, 2.05) is 58.0 Å². The van der Waals surface area contributed by atoms with Crippen LogP contribution in [0.4, 0.5) is 5.69 Å². The summed E-state index contributed by atoms with van der Waals surface area (Å²) in [5, 5.41) is 13.1. The second kappa shape index (κ2) is 12.4. The van der Waals surface area contributed by atoms with Gasteiger partial charge in [0.15, 0.2) is 22.4 Å². The Hall–Kier alpha value is -4.38. The number of aromatic nitrogens is 2. The second-order valence-corrected chi connectivity index (χ2v) is 10.1. The Morgan fingerprint density at radius 3 is 2.49 bits per heavy atom. The number of carbonyl (C=O) groups excluding carboxylic acids is 1. The number of benzene rings is 2. The highest BCUT2D eigenvalue weighted by Crippen LogP contribution is 2.37. The molecule has 4 N–H and O–H groups in total. The van der Waals surface area contributed by atoms with Gasteiger partial charge in [-0.05, 0) is 62.9 Å². The molecule has 0 saturated heterocycles. The van der Waals surface area contributed by atoms with E-state index in [0.29, 0.717) is 42.3 Å². The van der Waals surface area contributed by atoms with E-state index in [0.717, 1.165) is 33.5 Å². The maximum absolute atomic E-state index is 13.9. The highest BCUT2D eigenvalue weighted by Gasteiger charge is 2.23. The van der Waals surface area contributed by atoms with Crippen molar-refractivity contribution in [2.45, 2.75) is 47.2 Å². The van der Waals surface area contributed by atoms with Crippen LogP contribution in [-0.4, -0.2) is 46.2 Å². The Balaban J connectivity index is 1.87. The minimum absolute atomic E-state index is 0.0473. The molecule has 4 rings (SSSR count). The van der Waals surface area contributed by atoms with Gasteiger partial charge in [-0.15, -0.1) is 0 Å². The Kier molecular flexibility index (Phi) is 8.97. The summed E-state index contributed by atoms with van der Waals surface area (Å²) in [5.74, 6) is 5.57. The largest absolute Gasteiger partial charge is 0.493 e. The normalized spacial score (nSPS) is 12.9. The van der Waals surface area contributed by atoms with Crippen molar-refractivity contribution in [1.29, 1.82) is 5.41 Å². The number of nitrogens with one attached hydrogen (secondary N) is 2. The number of fused-ring (bicyclic) bond motifs is 3. The molecule has 0 aliphatic carbocycles. The first-order chi connectivity index (χ1) is 19.6. The molecular weight excluding hydrogens is 546 g/mol. The molecule has 0 radical (unpaired) electrons. The van der Waals surface area contributed by atoms with Crippen molar-refractivity contribution in [1.82, 2.24) is 14.5 Å². The van der Waals surface area contributed by atoms with Gasteiger partial charge in [-0.1, -0.05) is 29.3 Å². The quantitative estimate of drug-likeness (QED) is 0.202. The molecule has 1 amide bonds. The SMILES string of the molecule is CCOc1cc2c(cc1OC)-c1cc(=Nc3c(C)cc(C)cc3C)n(CCNC(=O)C(=N)C(Cl)=NN)c(=O)n1CC2. The van der Waals surface area contributed by atoms with Crippen LogP contribution in [0.2, 0.25) is 0 Å². The zero-order valence-electron chi connectivity index (χ0n) is 23.8. The van der Waals surface area contributed by atoms with E-state index in [9.17, 15) is 9.59 Å². The fraction of sp³-hybridized carbons (Fsp3) is 0.345. The van der Waals surface area contributed by atoms with Crippen LogP contribution in [0.3, 0.4) is 0 Å². The highest BCUT2D eigenvalue weighted by atomic mass is 35.5. The van der Waals surface area contributed by atoms with Crippen molar-refractivity contribution in [3.63, 3.8) is 0 Å². The summed E-state index contributed by atoms with van der Waals surface area (Å²) in [4.78, 5) is 31.2. The predicted molar refractivity (Wildman–Crippen MR) is 160 cm³/mol. The fourth-order valence-electron chi connectivity index (χ4n) is 5.07. The van der Waals surface area contributed by atoms with Crippen LogP contribution in [0.1, 0.15) is 29.2 Å². The number of aryl methyl sites for hydroxylation is 4. The standard InChI is InChI=1S/C29H34ClN7O4/c1-6-41-23-13-19-7-9-36-21(20(19)14-22(23)40-5)15-24(34-26-17(3)11-16(2)12-18(26)4)37(29(36)39)10-8-33-28(38)25(31)27(30)35-32/h11-15,31H,6-10,32H2,1-5H3,(H,33,38). The van der Waals surface area contributed by atoms with Gasteiger partial charge >= 0.3 is 5.69 Å². The lowest BCUT2D eigenvalue weighted by molar-refractivity contribution is -0.114. The van der Waals surface area contributed by atoms with E-state index in [1.54, 1.807) is 11.7 Å². The molecule has 2 heterocycles. The third kappa shape index (κ3) is 6.04. The van der Waals surface area contributed by atoms with Crippen LogP contribution in [0, 0.1) is 26.2 Å². The van der Waals surface area contributed by atoms with Gasteiger partial charge in [0.05, 0.1) is 25.1 Å². The summed E-state index contributed by atoms with van der Waals surface area (Å²) in [6.07, 6.45) is 0.629. The maximum Gasteiger partial charge on any atom is 0.330 e. The van der Waals surface area contributed by atoms with Crippen LogP contribution in [0.25, 0.3) is 11.3 Å². The lowest BCUT2D eigenvalue weighted by Gasteiger charge is -2.25. The average Bonchev–Trinajstić information content (AvgIpc) is 2.94. The smallest absolute Gasteiger partial charge is 0.330 e. The molecule has 0 atom stereocenters. The second-order valence-electron chi connectivity index (χ2n) is 9.73. The van der Waals surface area contributed by atoms with Crippen LogP contribution >= 0.6 is 11.6 Å². The third-order valence-corrected chi connectivity index (χ3v) is 7.18. The summed E-state index contributed by atoms with van der Waals surface area (Å²) in [7, 11) is 1.59. The number of hydrazone groups is 1. The van der Waals surface area contributed by atoms with Gasteiger partial charge in [0, 0.05) is 31.3 Å². The first kappa shape index (κ1) is 29.6. The van der Waals surface area contributed by atoms with E-state index in [-0.39, 0.29) is 18.8 Å². The summed E-state index contributed by atoms with van der Waals surface area (Å²) < 4.78 is 14.6. The number of carbonyl (C=O) groups is 1. The Bertz CT molecular complexity index is 1660. The Morgan fingerprint density at radius 1 is 1.15 bits per heavy atom. The van der Waals surface area contributed by atoms with Gasteiger partial charge in [0.25, 0.3) is 5.91 Å². The van der Waals surface area contributed by atoms with Crippen molar-refractivity contribution >= 4 is 34.1 Å². The molecule has 3 aromatic rings. The zero-order valence-corrected chi connectivity index (χ0v) is 24.6. The molecule has 11 nitrogen and oxygen atoms in total. The maximum atomic E-state index is 13.9. The van der Waals surface area contributed by atoms with Gasteiger partial charge < -0.3 is 20.6 Å². The minimum Gasteiger partial charge on any atom is -0.493 e. The fourth-order valence-corrected chi connectivity index (χ4v) is 5.15. The number of halogens is 1. The topological polar surface area (TPSA) is 149 Å². The van der Waals surface area contributed by atoms with Crippen molar-refractivity contribution in [2.24, 2.45) is 15.9 Å². The van der Waals surface area contributed by atoms with Gasteiger partial charge in [-0.2, -0.15) is 5.10 Å². The van der Waals surface area contributed by atoms with Crippen LogP contribution < -0.4 is 31.8 Å². The Morgan fingerprint density at radius 2 is 1.85 bits per heavy atom. The molecule has 1 aromatic heterocycles. The van der Waals surface area contributed by atoms with Crippen LogP contribution in [0.5, 0.6) is 11.5 Å². The summed E-state index contributed by atoms with van der Waals surface area (Å²) in [6.45, 7) is 9.03. The lowest BCUT2D eigenvalue weighted by atomic mass is 9.97. The number of nitrogens with zero attached hydrogens (tertiary/aromatic N) is 4. The molecule has 0 unspecified atom stereocenters. The first-order valence-corrected chi connectivity index (χ1v) is 13.6. The molecule has 2 aromatic carbocycles. The highest BCUT2D eigenvalue weighted by molar-refractivity contribution is 6.91. The number of amides is 1. The molecule has 1 aliphatic heterocycles. The van der Waals surface area contributed by atoms with E-state index in [1.165, 1.54) is 4.57 Å². The number of hydrogen-bond acceptors (Lipinski definition) is 8. The summed E-state index contributed by atoms with van der Waals surface area (Å²) >= 11 is 5.71. The minimum atomic E-state index is -0.752. The lowest BCUT2D eigenvalue weighted by Crippen LogP contribution is -2.45. The molecule has 0 saturated carbocycles. The van der Waals surface area contributed by atoms with Crippen molar-refractivity contribution < 1.29 is 14.3 Å². The number of rotatable bonds is 9. The van der Waals surface area contributed by atoms with E-state index in [2.05, 4.69) is 10.4 Å². The molecule has 0 spiro atoms. The number of hydrogen-bond donors (Lipinski definition) is 3. The van der Waals surface area contributed by atoms with Crippen LogP contribution in [0.15, 0.2) is 45.2 Å². The van der Waals surface area contributed by atoms with E-state index < -0.39 is 16.8 Å². The van der Waals surface area contributed by atoms with Crippen LogP contribution in [-0.2, 0) is 24.3 Å². The molecule has 1 aliphatic rings. The van der Waals surface area contributed by atoms with Gasteiger partial charge in [0.2, 0.25) is 0 Å². The zero-order chi connectivity index (χ0) is 29.8. The van der Waals surface area contributed by atoms with Crippen molar-refractivity contribution in [3.05, 3.63) is 68.6 Å². The van der Waals surface area contributed by atoms with Gasteiger partial charge in [0.1, 0.15) is 5.49 Å². The number of nitrogens with two attached hydrogens (primary N) is 1. The van der Waals surface area contributed by atoms with Crippen molar-refractivity contribution in [3.8, 4) is 22.8 Å². The summed E-state index contributed by atoms with van der Waals surface area (Å²) in [5.41, 5.74) is 6.08. The third-order valence-electron chi connectivity index (χ3n) is 6.89. The van der Waals surface area contributed by atoms with E-state index in [4.69, 9.17) is 37.3 Å². The summed E-state index contributed by atoms with van der Waals surface area (Å²) in [6, 6.07) is 9.85. The molecule has 41 heavy (non-hydrogen) atoms. The Labute approximate surface area is 242 Å². The monoisotopic (exact) mass is 579 g/mol. The predicted octanol–water partition coefficient (Wildman–Crippen LogP) is 3.08. The molecule has 0 bridgehead atoms. The average molecular weight is 580 g/mol. The van der Waals surface area contributed by atoms with Gasteiger partial charge in [-0.25, -0.2) is 9.79 Å². The van der Waals surface area contributed by atoms with Crippen molar-refractivity contribution in [2.75, 3.05) is 20.3 Å². The number of methoxy groups -OCH3 is 1. The number of ether oxygens (including phenoxy) is 2. The first-order valence-electron chi connectivity index (χ1n) is 13.2.